The number of nitrogens with one attached hydrogen (secondary N) is 1. The van der Waals surface area contributed by atoms with Gasteiger partial charge in [-0.2, -0.15) is 0 Å². The standard InChI is InChI=1S/C21H34N2O3/c1-15-11-23(13-21(15,6)14-24)19(25)22-16(2)12-26-18-9-7-17(8-10-18)20(3,4)5/h7-10,15-16,24H,11-14H2,1-6H3,(H,22,25). The fraction of sp³-hybridized carbons (Fsp3) is 0.667. The summed E-state index contributed by atoms with van der Waals surface area (Å²) >= 11 is 0. The van der Waals surface area contributed by atoms with Gasteiger partial charge in [-0.05, 0) is 36.0 Å². The van der Waals surface area contributed by atoms with Crippen molar-refractivity contribution in [2.24, 2.45) is 11.3 Å². The molecule has 5 heteroatoms. The first-order chi connectivity index (χ1) is 12.0. The van der Waals surface area contributed by atoms with Gasteiger partial charge in [-0.15, -0.1) is 0 Å². The van der Waals surface area contributed by atoms with Crippen molar-refractivity contribution in [2.45, 2.75) is 53.0 Å². The highest BCUT2D eigenvalue weighted by Crippen LogP contribution is 2.34. The number of likely N-dealkylation sites (tertiary alicyclic amines) is 1. The van der Waals surface area contributed by atoms with Gasteiger partial charge in [0.15, 0.2) is 0 Å². The average molecular weight is 363 g/mol. The number of aliphatic hydroxyl groups excluding tert-OH is 1. The van der Waals surface area contributed by atoms with E-state index in [9.17, 15) is 9.90 Å². The second-order valence-corrected chi connectivity index (χ2v) is 9.03. The summed E-state index contributed by atoms with van der Waals surface area (Å²) in [6, 6.07) is 7.93. The van der Waals surface area contributed by atoms with Crippen LogP contribution < -0.4 is 10.1 Å². The van der Waals surface area contributed by atoms with Crippen molar-refractivity contribution in [3.8, 4) is 5.75 Å². The van der Waals surface area contributed by atoms with Crippen LogP contribution in [0.4, 0.5) is 4.79 Å². The lowest BCUT2D eigenvalue weighted by Crippen LogP contribution is -2.45. The lowest BCUT2D eigenvalue weighted by Gasteiger charge is -2.25. The van der Waals surface area contributed by atoms with Crippen molar-refractivity contribution in [3.05, 3.63) is 29.8 Å². The number of nitrogens with zero attached hydrogens (tertiary/aromatic N) is 1. The van der Waals surface area contributed by atoms with Crippen molar-refractivity contribution in [1.82, 2.24) is 10.2 Å². The summed E-state index contributed by atoms with van der Waals surface area (Å²) in [6.07, 6.45) is 0. The highest BCUT2D eigenvalue weighted by molar-refractivity contribution is 5.75. The monoisotopic (exact) mass is 362 g/mol. The van der Waals surface area contributed by atoms with E-state index in [1.807, 2.05) is 26.0 Å². The molecule has 0 saturated carbocycles. The van der Waals surface area contributed by atoms with Gasteiger partial charge in [-0.25, -0.2) is 4.79 Å². The second kappa shape index (κ2) is 7.87. The van der Waals surface area contributed by atoms with E-state index in [0.29, 0.717) is 19.7 Å². The van der Waals surface area contributed by atoms with Gasteiger partial charge in [0.2, 0.25) is 0 Å². The molecule has 2 N–H and O–H groups in total. The molecule has 0 radical (unpaired) electrons. The van der Waals surface area contributed by atoms with Gasteiger partial charge in [0.25, 0.3) is 0 Å². The van der Waals surface area contributed by atoms with Crippen LogP contribution in [0.25, 0.3) is 0 Å². The predicted molar refractivity (Wildman–Crippen MR) is 105 cm³/mol. The van der Waals surface area contributed by atoms with Gasteiger partial charge in [-0.1, -0.05) is 46.8 Å². The molecule has 26 heavy (non-hydrogen) atoms. The molecule has 3 unspecified atom stereocenters. The van der Waals surface area contributed by atoms with E-state index in [1.54, 1.807) is 4.90 Å². The molecule has 1 aliphatic heterocycles. The number of ether oxygens (including phenoxy) is 1. The van der Waals surface area contributed by atoms with E-state index in [-0.39, 0.29) is 35.4 Å². The fourth-order valence-electron chi connectivity index (χ4n) is 3.18. The van der Waals surface area contributed by atoms with Crippen molar-refractivity contribution < 1.29 is 14.6 Å². The van der Waals surface area contributed by atoms with E-state index >= 15 is 0 Å². The van der Waals surface area contributed by atoms with Crippen LogP contribution >= 0.6 is 0 Å². The quantitative estimate of drug-likeness (QED) is 0.844. The molecule has 146 valence electrons. The van der Waals surface area contributed by atoms with Crippen molar-refractivity contribution >= 4 is 6.03 Å². The number of benzene rings is 1. The summed E-state index contributed by atoms with van der Waals surface area (Å²) in [5.74, 6) is 1.09. The SMILES string of the molecule is CC(COc1ccc(C(C)(C)C)cc1)NC(=O)N1CC(C)C(C)(CO)C1. The van der Waals surface area contributed by atoms with Gasteiger partial charge in [0.05, 0.1) is 12.6 Å². The highest BCUT2D eigenvalue weighted by Gasteiger charge is 2.41. The molecule has 1 aromatic rings. The van der Waals surface area contributed by atoms with Gasteiger partial charge < -0.3 is 20.1 Å². The molecule has 1 saturated heterocycles. The molecule has 0 aliphatic carbocycles. The van der Waals surface area contributed by atoms with Crippen LogP contribution in [0.3, 0.4) is 0 Å². The van der Waals surface area contributed by atoms with E-state index in [2.05, 4.69) is 45.1 Å². The van der Waals surface area contributed by atoms with Crippen LogP contribution in [-0.4, -0.2) is 48.4 Å². The van der Waals surface area contributed by atoms with Gasteiger partial charge in [0, 0.05) is 18.5 Å². The molecule has 1 aromatic carbocycles. The zero-order chi connectivity index (χ0) is 19.5. The van der Waals surface area contributed by atoms with Gasteiger partial charge in [0.1, 0.15) is 12.4 Å². The van der Waals surface area contributed by atoms with Crippen LogP contribution in [0.15, 0.2) is 24.3 Å². The normalized spacial score (nSPS) is 24.4. The highest BCUT2D eigenvalue weighted by atomic mass is 16.5. The summed E-state index contributed by atoms with van der Waals surface area (Å²) in [5.41, 5.74) is 1.17. The number of carbonyl (C=O) groups excluding carboxylic acids is 1. The van der Waals surface area contributed by atoms with Crippen LogP contribution in [0.2, 0.25) is 0 Å². The summed E-state index contributed by atoms with van der Waals surface area (Å²) < 4.78 is 5.81. The Balaban J connectivity index is 1.82. The number of aliphatic hydroxyl groups is 1. The van der Waals surface area contributed by atoms with Crippen LogP contribution in [0, 0.1) is 11.3 Å². The fourth-order valence-corrected chi connectivity index (χ4v) is 3.18. The van der Waals surface area contributed by atoms with Crippen LogP contribution in [0.5, 0.6) is 5.75 Å². The first-order valence-corrected chi connectivity index (χ1v) is 9.45. The number of carbonyl (C=O) groups is 1. The smallest absolute Gasteiger partial charge is 0.317 e. The Bertz CT molecular complexity index is 609. The second-order valence-electron chi connectivity index (χ2n) is 9.03. The molecule has 0 spiro atoms. The average Bonchev–Trinajstić information content (AvgIpc) is 2.88. The molecule has 5 nitrogen and oxygen atoms in total. The van der Waals surface area contributed by atoms with E-state index < -0.39 is 0 Å². The Labute approximate surface area is 157 Å². The van der Waals surface area contributed by atoms with Gasteiger partial charge in [-0.3, -0.25) is 0 Å². The third kappa shape index (κ3) is 4.91. The largest absolute Gasteiger partial charge is 0.491 e. The molecule has 0 bridgehead atoms. The first kappa shape index (κ1) is 20.6. The summed E-state index contributed by atoms with van der Waals surface area (Å²) in [6.45, 7) is 14.4. The van der Waals surface area contributed by atoms with Crippen molar-refractivity contribution in [2.75, 3.05) is 26.3 Å². The number of amides is 2. The number of hydrogen-bond donors (Lipinski definition) is 2. The van der Waals surface area contributed by atoms with Crippen molar-refractivity contribution in [1.29, 1.82) is 0 Å². The molecule has 0 aromatic heterocycles. The maximum Gasteiger partial charge on any atom is 0.317 e. The van der Waals surface area contributed by atoms with Crippen molar-refractivity contribution in [3.63, 3.8) is 0 Å². The van der Waals surface area contributed by atoms with E-state index in [1.165, 1.54) is 5.56 Å². The lowest BCUT2D eigenvalue weighted by molar-refractivity contribution is 0.118. The lowest BCUT2D eigenvalue weighted by atomic mass is 9.82. The summed E-state index contributed by atoms with van der Waals surface area (Å²) in [7, 11) is 0. The molecule has 2 amide bonds. The molecular formula is C21H34N2O3. The first-order valence-electron chi connectivity index (χ1n) is 9.45. The topological polar surface area (TPSA) is 61.8 Å². The summed E-state index contributed by atoms with van der Waals surface area (Å²) in [5, 5.41) is 12.6. The molecular weight excluding hydrogens is 328 g/mol. The molecule has 3 atom stereocenters. The minimum absolute atomic E-state index is 0.0896. The molecule has 1 heterocycles. The Kier molecular flexibility index (Phi) is 6.22. The number of rotatable bonds is 5. The maximum atomic E-state index is 12.4. The Hall–Kier alpha value is -1.75. The van der Waals surface area contributed by atoms with E-state index in [4.69, 9.17) is 4.74 Å². The molecule has 1 fully saturated rings. The number of urea groups is 1. The Morgan fingerprint density at radius 1 is 1.38 bits per heavy atom. The predicted octanol–water partition coefficient (Wildman–Crippen LogP) is 3.41. The summed E-state index contributed by atoms with van der Waals surface area (Å²) in [4.78, 5) is 14.2. The van der Waals surface area contributed by atoms with Crippen LogP contribution in [0.1, 0.15) is 47.1 Å². The Morgan fingerprint density at radius 2 is 2.00 bits per heavy atom. The molecule has 2 rings (SSSR count). The zero-order valence-corrected chi connectivity index (χ0v) is 17.0. The molecule has 1 aliphatic rings. The minimum Gasteiger partial charge on any atom is -0.491 e. The third-order valence-electron chi connectivity index (χ3n) is 5.47. The number of hydrogen-bond acceptors (Lipinski definition) is 3. The van der Waals surface area contributed by atoms with Gasteiger partial charge >= 0.3 is 6.03 Å². The minimum atomic E-state index is -0.216. The maximum absolute atomic E-state index is 12.4. The van der Waals surface area contributed by atoms with Crippen LogP contribution in [-0.2, 0) is 5.41 Å². The third-order valence-corrected chi connectivity index (χ3v) is 5.47. The Morgan fingerprint density at radius 3 is 2.50 bits per heavy atom. The van der Waals surface area contributed by atoms with E-state index in [0.717, 1.165) is 5.75 Å². The zero-order valence-electron chi connectivity index (χ0n) is 17.0.